The molecule has 0 spiro atoms. The van der Waals surface area contributed by atoms with Crippen molar-refractivity contribution >= 4 is 53.8 Å². The summed E-state index contributed by atoms with van der Waals surface area (Å²) in [6.45, 7) is 31.5. The molecule has 0 saturated carbocycles. The number of benzene rings is 1. The van der Waals surface area contributed by atoms with Gasteiger partial charge in [0, 0.05) is 31.0 Å². The van der Waals surface area contributed by atoms with Crippen molar-refractivity contribution in [1.29, 1.82) is 0 Å². The molecule has 3 rings (SSSR count). The zero-order valence-corrected chi connectivity index (χ0v) is 57.9. The second-order valence-corrected chi connectivity index (χ2v) is 26.4. The Morgan fingerprint density at radius 3 is 1.49 bits per heavy atom. The molecule has 536 valence electrons. The number of ether oxygens (including phenoxy) is 3. The van der Waals surface area contributed by atoms with E-state index in [1.807, 2.05) is 34.6 Å². The Balaban J connectivity index is -0.00000124. The number of esters is 1. The van der Waals surface area contributed by atoms with E-state index in [1.165, 1.54) is 64.6 Å². The van der Waals surface area contributed by atoms with Crippen LogP contribution in [0.25, 0.3) is 0 Å². The van der Waals surface area contributed by atoms with Crippen LogP contribution in [0.2, 0.25) is 0 Å². The van der Waals surface area contributed by atoms with Crippen molar-refractivity contribution in [3.05, 3.63) is 40.5 Å². The van der Waals surface area contributed by atoms with E-state index in [9.17, 15) is 43.2 Å². The molecule has 1 aliphatic heterocycles. The van der Waals surface area contributed by atoms with Crippen molar-refractivity contribution in [2.45, 2.75) is 273 Å². The van der Waals surface area contributed by atoms with E-state index in [0.717, 1.165) is 65.0 Å². The maximum absolute atomic E-state index is 12.5. The zero-order chi connectivity index (χ0) is 72.8. The summed E-state index contributed by atoms with van der Waals surface area (Å²) in [5.41, 5.74) is 29.7. The minimum Gasteiger partial charge on any atom is -0.487 e. The number of carbonyl (C=O) groups excluding carboxylic acids is 2. The van der Waals surface area contributed by atoms with Crippen molar-refractivity contribution < 1.29 is 98.2 Å². The lowest BCUT2D eigenvalue weighted by molar-refractivity contribution is -0.141. The predicted octanol–water partition coefficient (Wildman–Crippen LogP) is 7.70. The normalized spacial score (nSPS) is 16.1. The number of rotatable bonds is 32. The van der Waals surface area contributed by atoms with Gasteiger partial charge in [-0.25, -0.2) is 14.6 Å². The number of carboxylic acids is 7. The first-order valence-corrected chi connectivity index (χ1v) is 31.7. The average Bonchev–Trinajstić information content (AvgIpc) is 0.936. The third kappa shape index (κ3) is 42.8. The Morgan fingerprint density at radius 2 is 1.12 bits per heavy atom. The fourth-order valence-electron chi connectivity index (χ4n) is 8.86. The molecule has 2 heterocycles. The number of aromatic nitrogens is 2. The van der Waals surface area contributed by atoms with E-state index < -0.39 is 102 Å². The van der Waals surface area contributed by atoms with Gasteiger partial charge in [-0.2, -0.15) is 0 Å². The van der Waals surface area contributed by atoms with E-state index in [4.69, 9.17) is 83.7 Å². The van der Waals surface area contributed by atoms with Gasteiger partial charge in [0.15, 0.2) is 0 Å². The molecule has 20 N–H and O–H groups in total. The van der Waals surface area contributed by atoms with Gasteiger partial charge in [0.05, 0.1) is 18.1 Å². The van der Waals surface area contributed by atoms with Gasteiger partial charge >= 0.3 is 53.8 Å². The van der Waals surface area contributed by atoms with Crippen molar-refractivity contribution in [1.82, 2.24) is 15.3 Å². The number of aromatic amines is 1. The number of nitrogens with two attached hydrogens (primary N) is 5. The number of nitrogens with one attached hydrogen (secondary N) is 2. The Hall–Kier alpha value is -6.98. The average molecular weight is 1330 g/mol. The van der Waals surface area contributed by atoms with Crippen LogP contribution in [-0.4, -0.2) is 158 Å². The molecule has 1 aromatic carbocycles. The van der Waals surface area contributed by atoms with Crippen molar-refractivity contribution in [3.8, 4) is 11.5 Å². The molecular weight excluding hydrogens is 1210 g/mol. The molecule has 0 fully saturated rings. The minimum atomic E-state index is -1.18. The van der Waals surface area contributed by atoms with Gasteiger partial charge in [-0.1, -0.05) is 100 Å². The minimum absolute atomic E-state index is 0.0231. The topological polar surface area (TPSA) is 514 Å². The van der Waals surface area contributed by atoms with Crippen LogP contribution in [0.5, 0.6) is 11.5 Å². The smallest absolute Gasteiger partial charge is 0.408 e. The molecule has 10 atom stereocenters. The van der Waals surface area contributed by atoms with E-state index in [2.05, 4.69) is 49.9 Å². The second-order valence-electron chi connectivity index (χ2n) is 26.4. The van der Waals surface area contributed by atoms with Gasteiger partial charge in [0.1, 0.15) is 59.0 Å². The highest BCUT2D eigenvalue weighted by atomic mass is 16.6. The molecule has 3 unspecified atom stereocenters. The van der Waals surface area contributed by atoms with Gasteiger partial charge in [0.2, 0.25) is 0 Å². The summed E-state index contributed by atoms with van der Waals surface area (Å²) in [4.78, 5) is 102. The summed E-state index contributed by atoms with van der Waals surface area (Å²) in [7, 11) is 0. The number of alkyl carbamates (subject to hydrolysis) is 1. The summed E-state index contributed by atoms with van der Waals surface area (Å²) in [5, 5.41) is 69.6. The first kappa shape index (κ1) is 90.2. The van der Waals surface area contributed by atoms with Crippen LogP contribution in [0.15, 0.2) is 12.5 Å². The first-order valence-electron chi connectivity index (χ1n) is 31.7. The summed E-state index contributed by atoms with van der Waals surface area (Å²) < 4.78 is 17.4. The van der Waals surface area contributed by atoms with Gasteiger partial charge in [-0.15, -0.1) is 0 Å². The number of hydrogen-bond acceptors (Lipinski definition) is 19. The highest BCUT2D eigenvalue weighted by Gasteiger charge is 2.35. The molecule has 0 radical (unpaired) electrons. The summed E-state index contributed by atoms with van der Waals surface area (Å²) in [5.74, 6) is -3.84. The Morgan fingerprint density at radius 1 is 0.634 bits per heavy atom. The van der Waals surface area contributed by atoms with Gasteiger partial charge in [-0.3, -0.25) is 33.6 Å². The lowest BCUT2D eigenvalue weighted by Gasteiger charge is -2.38. The number of imidazole rings is 1. The Kier molecular flexibility index (Phi) is 44.8. The molecule has 93 heavy (non-hydrogen) atoms. The molecule has 1 aliphatic rings. The Labute approximate surface area is 549 Å². The third-order valence-corrected chi connectivity index (χ3v) is 14.8. The van der Waals surface area contributed by atoms with Crippen LogP contribution in [0.1, 0.15) is 214 Å². The van der Waals surface area contributed by atoms with Gasteiger partial charge in [-0.05, 0) is 147 Å². The second kappa shape index (κ2) is 46.2. The summed E-state index contributed by atoms with van der Waals surface area (Å²) in [6, 6.07) is -5.75. The number of aliphatic hydroxyl groups excluding tert-OH is 1. The maximum Gasteiger partial charge on any atom is 0.408 e. The number of carbonyl (C=O) groups is 9. The number of fused-ring (bicyclic) bond motifs is 1. The third-order valence-electron chi connectivity index (χ3n) is 14.8. The number of nitrogens with zero attached hydrogens (tertiary/aromatic N) is 1. The van der Waals surface area contributed by atoms with Crippen LogP contribution in [0.4, 0.5) is 4.79 Å². The molecule has 0 saturated heterocycles. The number of H-pyrrole nitrogens is 1. The lowest BCUT2D eigenvalue weighted by Crippen LogP contribution is -2.46. The Bertz CT molecular complexity index is 2570. The van der Waals surface area contributed by atoms with Crippen LogP contribution >= 0.6 is 0 Å². The zero-order valence-electron chi connectivity index (χ0n) is 57.9. The molecule has 0 bridgehead atoms. The maximum atomic E-state index is 12.5. The highest BCUT2D eigenvalue weighted by molar-refractivity contribution is 5.80. The van der Waals surface area contributed by atoms with Gasteiger partial charge < -0.3 is 94.0 Å². The van der Waals surface area contributed by atoms with E-state index in [-0.39, 0.29) is 43.6 Å². The monoisotopic (exact) mass is 1330 g/mol. The van der Waals surface area contributed by atoms with E-state index >= 15 is 0 Å². The predicted molar refractivity (Wildman–Crippen MR) is 352 cm³/mol. The SMILES string of the molecule is CC(C)C[C@H](N)C(=O)O.CC(C)[C@H](NC(=O)OC(C)(C)C)C(=O)O.C[C@@H](O)[C@H](N)C(=O)O.Cc1c(C)c2c(c(C)c1OC(=O)CC[C@H](N)C(=O)O)CCC(C)(CCCC(C)CCCC(C)CCCC(C)C)O2.N[C@@H](CCC(=O)O)C(=O)O.N[C@@H](Cc1c[nH]cn1)C(=O)O. The quantitative estimate of drug-likeness (QED) is 0.0246. The van der Waals surface area contributed by atoms with E-state index in [1.54, 1.807) is 40.8 Å². The fraction of sp³-hybridized carbons (Fsp3) is 0.723. The van der Waals surface area contributed by atoms with Crippen LogP contribution < -0.4 is 43.5 Å². The number of amides is 1. The van der Waals surface area contributed by atoms with Crippen LogP contribution in [-0.2, 0) is 55.9 Å². The van der Waals surface area contributed by atoms with Crippen molar-refractivity contribution in [2.24, 2.45) is 58.3 Å². The fourth-order valence-corrected chi connectivity index (χ4v) is 8.86. The molecule has 0 aliphatic carbocycles. The van der Waals surface area contributed by atoms with Crippen molar-refractivity contribution in [2.75, 3.05) is 0 Å². The molecule has 1 amide bonds. The highest BCUT2D eigenvalue weighted by Crippen LogP contribution is 2.45. The lowest BCUT2D eigenvalue weighted by atomic mass is 9.83. The van der Waals surface area contributed by atoms with Crippen LogP contribution in [0, 0.1) is 50.4 Å². The van der Waals surface area contributed by atoms with Crippen molar-refractivity contribution in [3.63, 3.8) is 0 Å². The standard InChI is InChI=1S/C34H57NO5.C10H19NO4.C6H9N3O2.C6H13NO2.C5H9NO4.C4H9NO3/c1-22(2)12-9-13-23(3)14-10-15-24(4)16-11-20-34(8)21-19-28-27(7)31(25(5)26(6)32(28)40-34)39-30(36)18-17-29(35)33(37)38;1-6(2)7(8(12)13)11-9(14)15-10(3,4)5;7-5(6(10)11)1-4-2-8-3-9-4;1-4(2)3-5(7)6(8)9;6-3(5(9)10)1-2-4(7)8;1-2(6)3(5)4(7)8/h22-24,29H,9-21,35H2,1-8H3,(H,37,38);6-7H,1-5H3,(H,11,14)(H,12,13);2-3,5H,1,7H2,(H,8,9)(H,10,11);4-5H,3,7H2,1-2H3,(H,8,9);3H,1-2,6H2,(H,7,8)(H,9,10);2-3,6H,5H2,1H3,(H,7,8)/t23?,24?,29-,34?;7-;2*5-;3-;2-,3+/m000001/s1. The molecule has 2 aromatic rings. The van der Waals surface area contributed by atoms with Crippen LogP contribution in [0.3, 0.4) is 0 Å². The molecule has 1 aromatic heterocycles. The number of aliphatic carboxylic acids is 7. The largest absolute Gasteiger partial charge is 0.487 e. The number of hydrogen-bond donors (Lipinski definition) is 15. The summed E-state index contributed by atoms with van der Waals surface area (Å²) in [6.07, 6.45) is 15.4. The molecular formula is C65H116N8O20. The number of aliphatic hydroxyl groups is 1. The van der Waals surface area contributed by atoms with Gasteiger partial charge in [0.25, 0.3) is 0 Å². The first-order chi connectivity index (χ1) is 42.7. The molecule has 28 heteroatoms. The number of carboxylic acid groups (broad SMARTS) is 7. The summed E-state index contributed by atoms with van der Waals surface area (Å²) >= 11 is 0. The molecule has 28 nitrogen and oxygen atoms in total. The van der Waals surface area contributed by atoms with E-state index in [0.29, 0.717) is 23.8 Å².